The molecule has 1 aromatic rings. The summed E-state index contributed by atoms with van der Waals surface area (Å²) in [6.45, 7) is 6.45. The number of carbonyl (C=O) groups excluding carboxylic acids is 4. The first kappa shape index (κ1) is 32.7. The Kier molecular flexibility index (Phi) is 12.0. The van der Waals surface area contributed by atoms with Gasteiger partial charge in [-0.25, -0.2) is 9.78 Å². The van der Waals surface area contributed by atoms with Crippen LogP contribution in [0.1, 0.15) is 52.7 Å². The van der Waals surface area contributed by atoms with Crippen LogP contribution in [0.5, 0.6) is 0 Å². The van der Waals surface area contributed by atoms with Gasteiger partial charge in [0.25, 0.3) is 0 Å². The zero-order valence-electron chi connectivity index (χ0n) is 23.2. The van der Waals surface area contributed by atoms with Crippen LogP contribution in [-0.4, -0.2) is 109 Å². The molecule has 15 nitrogen and oxygen atoms in total. The third kappa shape index (κ3) is 8.99. The van der Waals surface area contributed by atoms with Crippen LogP contribution in [0, 0.1) is 5.92 Å². The molecule has 1 aliphatic rings. The maximum Gasteiger partial charge on any atom is 0.326 e. The lowest BCUT2D eigenvalue weighted by Crippen LogP contribution is -2.61. The van der Waals surface area contributed by atoms with Gasteiger partial charge in [-0.1, -0.05) is 13.8 Å². The van der Waals surface area contributed by atoms with E-state index in [0.717, 1.165) is 4.90 Å². The highest BCUT2D eigenvalue weighted by molar-refractivity contribution is 5.96. The highest BCUT2D eigenvalue weighted by Crippen LogP contribution is 2.19. The van der Waals surface area contributed by atoms with Gasteiger partial charge in [-0.3, -0.25) is 19.2 Å². The van der Waals surface area contributed by atoms with Gasteiger partial charge in [-0.2, -0.15) is 0 Å². The number of H-pyrrole nitrogens is 1. The molecule has 9 N–H and O–H groups in total. The van der Waals surface area contributed by atoms with E-state index in [1.54, 1.807) is 0 Å². The third-order valence-corrected chi connectivity index (χ3v) is 6.64. The summed E-state index contributed by atoms with van der Waals surface area (Å²) in [6.07, 6.45) is 1.13. The number of rotatable bonds is 14. The minimum Gasteiger partial charge on any atom is -0.480 e. The number of nitrogens with zero attached hydrogens (tertiary/aromatic N) is 2. The van der Waals surface area contributed by atoms with Crippen LogP contribution >= 0.6 is 0 Å². The Bertz CT molecular complexity index is 1030. The number of imidazole rings is 1. The number of nitrogens with one attached hydrogen (secondary N) is 4. The zero-order valence-corrected chi connectivity index (χ0v) is 23.2. The molecular formula is C25H41N7O8. The summed E-state index contributed by atoms with van der Waals surface area (Å²) in [4.78, 5) is 71.8. The van der Waals surface area contributed by atoms with Gasteiger partial charge < -0.3 is 46.9 Å². The van der Waals surface area contributed by atoms with Crippen LogP contribution in [0.3, 0.4) is 0 Å². The van der Waals surface area contributed by atoms with Gasteiger partial charge in [-0.05, 0) is 39.0 Å². The van der Waals surface area contributed by atoms with Crippen molar-refractivity contribution in [3.05, 3.63) is 18.2 Å². The second kappa shape index (κ2) is 14.7. The molecule has 1 aromatic heterocycles. The largest absolute Gasteiger partial charge is 0.480 e. The molecule has 0 aromatic carbocycles. The molecule has 1 saturated heterocycles. The third-order valence-electron chi connectivity index (χ3n) is 6.64. The van der Waals surface area contributed by atoms with Gasteiger partial charge in [0, 0.05) is 24.9 Å². The minimum atomic E-state index is -1.47. The van der Waals surface area contributed by atoms with Gasteiger partial charge >= 0.3 is 5.97 Å². The van der Waals surface area contributed by atoms with Crippen LogP contribution in [0.15, 0.2) is 12.5 Å². The molecule has 1 fully saturated rings. The van der Waals surface area contributed by atoms with E-state index in [1.165, 1.54) is 26.4 Å². The summed E-state index contributed by atoms with van der Waals surface area (Å²) in [7, 11) is 0. The topological polar surface area (TPSA) is 240 Å². The molecule has 0 saturated carbocycles. The Morgan fingerprint density at radius 1 is 1.02 bits per heavy atom. The molecule has 0 unspecified atom stereocenters. The predicted molar refractivity (Wildman–Crippen MR) is 141 cm³/mol. The fourth-order valence-electron chi connectivity index (χ4n) is 4.40. The van der Waals surface area contributed by atoms with Crippen LogP contribution in [-0.2, 0) is 30.4 Å². The van der Waals surface area contributed by atoms with E-state index in [-0.39, 0.29) is 31.7 Å². The Balaban J connectivity index is 2.26. The molecule has 2 heterocycles. The van der Waals surface area contributed by atoms with Crippen LogP contribution in [0.25, 0.3) is 0 Å². The van der Waals surface area contributed by atoms with Crippen molar-refractivity contribution in [3.8, 4) is 0 Å². The van der Waals surface area contributed by atoms with E-state index in [4.69, 9.17) is 5.73 Å². The molecule has 224 valence electrons. The van der Waals surface area contributed by atoms with E-state index >= 15 is 0 Å². The lowest BCUT2D eigenvalue weighted by Gasteiger charge is -2.30. The van der Waals surface area contributed by atoms with Gasteiger partial charge in [-0.15, -0.1) is 0 Å². The first-order valence-electron chi connectivity index (χ1n) is 13.3. The number of nitrogens with two attached hydrogens (primary N) is 1. The number of aromatic nitrogens is 2. The number of hydrogen-bond donors (Lipinski definition) is 8. The lowest BCUT2D eigenvalue weighted by atomic mass is 10.0. The quantitative estimate of drug-likeness (QED) is 0.119. The van der Waals surface area contributed by atoms with Crippen molar-refractivity contribution in [2.24, 2.45) is 11.7 Å². The molecule has 0 aliphatic carbocycles. The number of aliphatic hydroxyl groups excluding tert-OH is 2. The number of carbonyl (C=O) groups is 5. The summed E-state index contributed by atoms with van der Waals surface area (Å²) in [5.74, 6) is -4.24. The minimum absolute atomic E-state index is 0.0430. The maximum absolute atomic E-state index is 13.4. The average Bonchev–Trinajstić information content (AvgIpc) is 3.57. The molecule has 15 heteroatoms. The van der Waals surface area contributed by atoms with Crippen molar-refractivity contribution < 1.29 is 39.3 Å². The number of aliphatic hydroxyl groups is 2. The van der Waals surface area contributed by atoms with E-state index in [1.807, 2.05) is 13.8 Å². The van der Waals surface area contributed by atoms with E-state index in [9.17, 15) is 39.3 Å². The molecule has 2 rings (SSSR count). The second-order valence-corrected chi connectivity index (χ2v) is 10.6. The van der Waals surface area contributed by atoms with Gasteiger partial charge in [0.15, 0.2) is 0 Å². The van der Waals surface area contributed by atoms with Gasteiger partial charge in [0.1, 0.15) is 30.2 Å². The van der Waals surface area contributed by atoms with Crippen molar-refractivity contribution in [2.75, 3.05) is 6.54 Å². The molecule has 4 amide bonds. The van der Waals surface area contributed by atoms with Gasteiger partial charge in [0.2, 0.25) is 23.6 Å². The van der Waals surface area contributed by atoms with E-state index in [0.29, 0.717) is 12.1 Å². The summed E-state index contributed by atoms with van der Waals surface area (Å²) in [5.41, 5.74) is 6.18. The highest BCUT2D eigenvalue weighted by atomic mass is 16.4. The SMILES string of the molecule is CC(C)C[C@H](NC(=O)[C@@H](N)[C@@H](C)O)C(=O)N[C@@H](Cc1cnc[nH]1)C(=O)N[C@H](C(=O)N1CCC[C@H]1C(=O)O)[C@@H](C)O. The zero-order chi connectivity index (χ0) is 30.1. The van der Waals surface area contributed by atoms with Gasteiger partial charge in [0.05, 0.1) is 18.5 Å². The Morgan fingerprint density at radius 2 is 1.65 bits per heavy atom. The molecule has 40 heavy (non-hydrogen) atoms. The molecule has 1 aliphatic heterocycles. The molecule has 0 spiro atoms. The van der Waals surface area contributed by atoms with Crippen LogP contribution in [0.2, 0.25) is 0 Å². The molecule has 7 atom stereocenters. The first-order valence-corrected chi connectivity index (χ1v) is 13.3. The first-order chi connectivity index (χ1) is 18.7. The lowest BCUT2D eigenvalue weighted by molar-refractivity contribution is -0.150. The molecular weight excluding hydrogens is 526 g/mol. The number of hydrogen-bond acceptors (Lipinski definition) is 9. The molecule has 0 bridgehead atoms. The van der Waals surface area contributed by atoms with Crippen molar-refractivity contribution in [2.45, 2.75) is 95.8 Å². The Morgan fingerprint density at radius 3 is 2.17 bits per heavy atom. The number of amides is 4. The molecule has 0 radical (unpaired) electrons. The van der Waals surface area contributed by atoms with Crippen LogP contribution < -0.4 is 21.7 Å². The standard InChI is InChI=1S/C25H41N7O8/c1-12(2)8-16(30-23(37)19(26)13(3)33)21(35)29-17(9-15-10-27-11-28-15)22(36)31-20(14(4)34)24(38)32-7-5-6-18(32)25(39)40/h10-14,16-20,33-34H,5-9,26H2,1-4H3,(H,27,28)(H,29,35)(H,30,37)(H,31,36)(H,39,40)/t13-,14-,16+,17+,18+,19+,20+/m1/s1. The number of aliphatic carboxylic acids is 1. The van der Waals surface area contributed by atoms with Crippen molar-refractivity contribution in [1.82, 2.24) is 30.8 Å². The average molecular weight is 568 g/mol. The smallest absolute Gasteiger partial charge is 0.326 e. The maximum atomic E-state index is 13.4. The Labute approximate surface area is 232 Å². The second-order valence-electron chi connectivity index (χ2n) is 10.6. The predicted octanol–water partition coefficient (Wildman–Crippen LogP) is -2.38. The number of likely N-dealkylation sites (tertiary alicyclic amines) is 1. The normalized spacial score (nSPS) is 19.7. The van der Waals surface area contributed by atoms with Crippen molar-refractivity contribution >= 4 is 29.6 Å². The highest BCUT2D eigenvalue weighted by Gasteiger charge is 2.40. The van der Waals surface area contributed by atoms with Crippen LogP contribution in [0.4, 0.5) is 0 Å². The van der Waals surface area contributed by atoms with Crippen molar-refractivity contribution in [3.63, 3.8) is 0 Å². The number of carboxylic acid groups (broad SMARTS) is 1. The Hall–Kier alpha value is -3.56. The van der Waals surface area contributed by atoms with Crippen molar-refractivity contribution in [1.29, 1.82) is 0 Å². The number of aromatic amines is 1. The van der Waals surface area contributed by atoms with E-state index < -0.39 is 72.0 Å². The fraction of sp³-hybridized carbons (Fsp3) is 0.680. The monoisotopic (exact) mass is 567 g/mol. The number of carboxylic acids is 1. The summed E-state index contributed by atoms with van der Waals surface area (Å²) in [6, 6.07) is -6.18. The van der Waals surface area contributed by atoms with E-state index in [2.05, 4.69) is 25.9 Å². The summed E-state index contributed by atoms with van der Waals surface area (Å²) >= 11 is 0. The summed E-state index contributed by atoms with van der Waals surface area (Å²) < 4.78 is 0. The fourth-order valence-corrected chi connectivity index (χ4v) is 4.40. The summed E-state index contributed by atoms with van der Waals surface area (Å²) in [5, 5.41) is 37.0.